The Morgan fingerprint density at radius 2 is 0.722 bits per heavy atom. The number of methoxy groups -OCH3 is 3. The van der Waals surface area contributed by atoms with E-state index in [0.29, 0.717) is 58.2 Å². The number of esters is 3. The number of carbonyl (C=O) groups is 3. The van der Waals surface area contributed by atoms with E-state index in [1.807, 2.05) is 18.2 Å². The van der Waals surface area contributed by atoms with Gasteiger partial charge in [-0.15, -0.1) is 0 Å². The monoisotopic (exact) mass is 723 g/mol. The molecule has 0 atom stereocenters. The number of hydrogen-bond donors (Lipinski definition) is 0. The summed E-state index contributed by atoms with van der Waals surface area (Å²) in [5, 5.41) is 3.40. The predicted molar refractivity (Wildman–Crippen MR) is 211 cm³/mol. The van der Waals surface area contributed by atoms with E-state index in [-0.39, 0.29) is 17.9 Å². The molecule has 0 spiro atoms. The zero-order valence-electron chi connectivity index (χ0n) is 31.0. The minimum atomic E-state index is -0.221. The molecular formula is C45H45N3O6. The summed E-state index contributed by atoms with van der Waals surface area (Å²) < 4.78 is 21.6. The maximum Gasteiger partial charge on any atom is 0.305 e. The number of ether oxygens (including phenoxy) is 3. The summed E-state index contributed by atoms with van der Waals surface area (Å²) in [6, 6.07) is 31.8. The van der Waals surface area contributed by atoms with Crippen LogP contribution in [0.15, 0.2) is 110 Å². The second-order valence-corrected chi connectivity index (χ2v) is 13.8. The van der Waals surface area contributed by atoms with Gasteiger partial charge in [-0.3, -0.25) is 14.4 Å². The first kappa shape index (κ1) is 36.3. The molecule has 0 saturated heterocycles. The van der Waals surface area contributed by atoms with E-state index in [1.54, 1.807) is 0 Å². The van der Waals surface area contributed by atoms with Gasteiger partial charge in [0.15, 0.2) is 0 Å². The first-order valence-corrected chi connectivity index (χ1v) is 18.4. The molecule has 0 N–H and O–H groups in total. The van der Waals surface area contributed by atoms with Gasteiger partial charge in [0.2, 0.25) is 0 Å². The van der Waals surface area contributed by atoms with Crippen LogP contribution in [0.3, 0.4) is 0 Å². The van der Waals surface area contributed by atoms with Crippen molar-refractivity contribution < 1.29 is 28.6 Å². The van der Waals surface area contributed by atoms with Crippen LogP contribution in [0.1, 0.15) is 52.6 Å². The van der Waals surface area contributed by atoms with Crippen molar-refractivity contribution >= 4 is 50.6 Å². The molecule has 0 aliphatic heterocycles. The average molecular weight is 724 g/mol. The van der Waals surface area contributed by atoms with Crippen LogP contribution >= 0.6 is 0 Å². The van der Waals surface area contributed by atoms with E-state index >= 15 is 0 Å². The lowest BCUT2D eigenvalue weighted by Crippen LogP contribution is -2.06. The van der Waals surface area contributed by atoms with Crippen LogP contribution in [0.4, 0.5) is 0 Å². The average Bonchev–Trinajstić information content (AvgIpc) is 3.86. The summed E-state index contributed by atoms with van der Waals surface area (Å²) in [7, 11) is 4.28. The maximum absolute atomic E-state index is 12.0. The van der Waals surface area contributed by atoms with Crippen LogP contribution < -0.4 is 0 Å². The molecule has 9 heteroatoms. The Bertz CT molecular complexity index is 2180. The third-order valence-electron chi connectivity index (χ3n) is 10.3. The summed E-state index contributed by atoms with van der Waals surface area (Å²) in [5.41, 5.74) is 10.2. The summed E-state index contributed by atoms with van der Waals surface area (Å²) in [6.07, 6.45) is 9.27. The van der Waals surface area contributed by atoms with Crippen LogP contribution in [0.2, 0.25) is 0 Å². The number of nitrogens with zero attached hydrogens (tertiary/aromatic N) is 3. The highest BCUT2D eigenvalue weighted by atomic mass is 16.5. The Balaban J connectivity index is 1.27. The first-order chi connectivity index (χ1) is 26.3. The molecule has 54 heavy (non-hydrogen) atoms. The number of fused-ring (bicyclic) bond motifs is 3. The van der Waals surface area contributed by atoms with Crippen molar-refractivity contribution in [2.45, 2.75) is 58.2 Å². The lowest BCUT2D eigenvalue weighted by Gasteiger charge is -2.14. The van der Waals surface area contributed by atoms with Crippen molar-refractivity contribution in [2.75, 3.05) is 21.3 Å². The van der Waals surface area contributed by atoms with Gasteiger partial charge >= 0.3 is 17.9 Å². The lowest BCUT2D eigenvalue weighted by atomic mass is 10.0. The van der Waals surface area contributed by atoms with Crippen LogP contribution in [0.25, 0.3) is 32.7 Å². The van der Waals surface area contributed by atoms with E-state index in [1.165, 1.54) is 21.3 Å². The topological polar surface area (TPSA) is 93.7 Å². The number of rotatable bonds is 15. The molecule has 3 aromatic heterocycles. The quantitative estimate of drug-likeness (QED) is 0.0786. The van der Waals surface area contributed by atoms with Crippen LogP contribution in [-0.2, 0) is 67.5 Å². The fraction of sp³-hybridized carbons (Fsp3) is 0.267. The minimum Gasteiger partial charge on any atom is -0.469 e. The number of aryl methyl sites for hydroxylation is 3. The Hall–Kier alpha value is -6.09. The van der Waals surface area contributed by atoms with Gasteiger partial charge in [-0.05, 0) is 70.8 Å². The normalized spacial score (nSPS) is 11.4. The smallest absolute Gasteiger partial charge is 0.305 e. The Kier molecular flexibility index (Phi) is 10.9. The van der Waals surface area contributed by atoms with E-state index in [2.05, 4.69) is 105 Å². The number of benzene rings is 4. The van der Waals surface area contributed by atoms with E-state index in [0.717, 1.165) is 66.1 Å². The Labute approximate surface area is 314 Å². The van der Waals surface area contributed by atoms with Gasteiger partial charge < -0.3 is 27.9 Å². The number of hydrogen-bond acceptors (Lipinski definition) is 6. The molecule has 4 aromatic carbocycles. The van der Waals surface area contributed by atoms with Gasteiger partial charge in [0.25, 0.3) is 0 Å². The second kappa shape index (κ2) is 16.3. The third-order valence-corrected chi connectivity index (χ3v) is 10.3. The molecule has 276 valence electrons. The van der Waals surface area contributed by atoms with Gasteiger partial charge in [-0.25, -0.2) is 0 Å². The zero-order valence-corrected chi connectivity index (χ0v) is 31.0. The molecule has 9 nitrogen and oxygen atoms in total. The largest absolute Gasteiger partial charge is 0.469 e. The summed E-state index contributed by atoms with van der Waals surface area (Å²) >= 11 is 0. The second-order valence-electron chi connectivity index (χ2n) is 13.8. The Morgan fingerprint density at radius 1 is 0.444 bits per heavy atom. The van der Waals surface area contributed by atoms with Crippen LogP contribution in [0.5, 0.6) is 0 Å². The highest BCUT2D eigenvalue weighted by Gasteiger charge is 2.16. The van der Waals surface area contributed by atoms with E-state index in [9.17, 15) is 14.4 Å². The molecule has 3 heterocycles. The highest BCUT2D eigenvalue weighted by molar-refractivity contribution is 5.86. The number of para-hydroxylation sites is 3. The van der Waals surface area contributed by atoms with E-state index < -0.39 is 0 Å². The molecule has 0 amide bonds. The molecule has 7 aromatic rings. The lowest BCUT2D eigenvalue weighted by molar-refractivity contribution is -0.141. The summed E-state index contributed by atoms with van der Waals surface area (Å²) in [6.45, 7) is 1.94. The molecular weight excluding hydrogens is 679 g/mol. The molecule has 0 saturated carbocycles. The molecule has 0 aliphatic carbocycles. The molecule has 7 rings (SSSR count). The van der Waals surface area contributed by atoms with Gasteiger partial charge in [-0.2, -0.15) is 0 Å². The van der Waals surface area contributed by atoms with Crippen molar-refractivity contribution in [1.29, 1.82) is 0 Å². The van der Waals surface area contributed by atoms with Crippen molar-refractivity contribution in [1.82, 2.24) is 13.7 Å². The van der Waals surface area contributed by atoms with Gasteiger partial charge in [0.1, 0.15) is 0 Å². The fourth-order valence-electron chi connectivity index (χ4n) is 7.68. The van der Waals surface area contributed by atoms with E-state index in [4.69, 9.17) is 14.2 Å². The fourth-order valence-corrected chi connectivity index (χ4v) is 7.68. The summed E-state index contributed by atoms with van der Waals surface area (Å²) in [4.78, 5) is 36.1. The third kappa shape index (κ3) is 7.95. The summed E-state index contributed by atoms with van der Waals surface area (Å²) in [5.74, 6) is -0.663. The maximum atomic E-state index is 12.0. The standard InChI is InChI=1S/C45H45N3O6/c1-52-43(49)19-16-34-28-46(40-13-7-4-10-37(34)40)25-31-22-32(26-47-29-35(17-20-44(50)53-2)38-11-5-8-14-41(38)47)24-33(23-31)27-48-30-36(18-21-45(51)54-3)39-12-6-9-15-42(39)48/h4-15,22-24,28-30H,16-21,25-27H2,1-3H3. The van der Waals surface area contributed by atoms with Crippen molar-refractivity contribution in [3.8, 4) is 0 Å². The Morgan fingerprint density at radius 3 is 1.00 bits per heavy atom. The number of aromatic nitrogens is 3. The van der Waals surface area contributed by atoms with Crippen molar-refractivity contribution in [2.24, 2.45) is 0 Å². The molecule has 0 unspecified atom stereocenters. The highest BCUT2D eigenvalue weighted by Crippen LogP contribution is 2.28. The van der Waals surface area contributed by atoms with Gasteiger partial charge in [0.05, 0.1) is 21.3 Å². The minimum absolute atomic E-state index is 0.221. The van der Waals surface area contributed by atoms with Gasteiger partial charge in [-0.1, -0.05) is 72.8 Å². The van der Waals surface area contributed by atoms with Gasteiger partial charge in [0, 0.05) is 90.2 Å². The SMILES string of the molecule is COC(=O)CCc1cn(Cc2cc(Cn3cc(CCC(=O)OC)c4ccccc43)cc(Cn3cc(CCC(=O)OC)c4ccccc43)c2)c2ccccc12. The molecule has 0 fully saturated rings. The zero-order chi connectivity index (χ0) is 37.6. The predicted octanol–water partition coefficient (Wildman–Crippen LogP) is 8.01. The number of carbonyl (C=O) groups excluding carboxylic acids is 3. The molecule has 0 bridgehead atoms. The van der Waals surface area contributed by atoms with Crippen molar-refractivity contribution in [3.05, 3.63) is 143 Å². The molecule has 0 aliphatic rings. The molecule has 0 radical (unpaired) electrons. The van der Waals surface area contributed by atoms with Crippen LogP contribution in [-0.4, -0.2) is 52.9 Å². The van der Waals surface area contributed by atoms with Crippen LogP contribution in [0, 0.1) is 0 Å². The van der Waals surface area contributed by atoms with Crippen molar-refractivity contribution in [3.63, 3.8) is 0 Å². The first-order valence-electron chi connectivity index (χ1n) is 18.4.